The number of amides is 1. The van der Waals surface area contributed by atoms with E-state index in [2.05, 4.69) is 5.32 Å². The van der Waals surface area contributed by atoms with E-state index in [0.717, 1.165) is 0 Å². The molecule has 160 valence electrons. The SMILES string of the molecule is CCOc1ccc(C(=O)OC(C)C(=O)Nc2ccc([N+](=O)[O-])cc2OC)cc1OC. The lowest BCUT2D eigenvalue weighted by Crippen LogP contribution is -2.30. The molecule has 0 bridgehead atoms. The highest BCUT2D eigenvalue weighted by Crippen LogP contribution is 2.30. The van der Waals surface area contributed by atoms with Crippen LogP contribution >= 0.6 is 0 Å². The monoisotopic (exact) mass is 418 g/mol. The third-order valence-electron chi connectivity index (χ3n) is 4.01. The highest BCUT2D eigenvalue weighted by atomic mass is 16.6. The number of methoxy groups -OCH3 is 2. The standard InChI is InChI=1S/C20H22N2O8/c1-5-29-16-9-6-13(10-18(16)28-4)20(24)30-12(2)19(23)21-15-8-7-14(22(25)26)11-17(15)27-3/h6-12H,5H2,1-4H3,(H,21,23). The van der Waals surface area contributed by atoms with E-state index in [1.54, 1.807) is 6.07 Å². The summed E-state index contributed by atoms with van der Waals surface area (Å²) < 4.78 is 20.9. The normalized spacial score (nSPS) is 11.2. The number of rotatable bonds is 9. The molecule has 2 aromatic carbocycles. The molecular formula is C20H22N2O8. The maximum absolute atomic E-state index is 12.4. The van der Waals surface area contributed by atoms with Crippen molar-refractivity contribution in [1.82, 2.24) is 0 Å². The molecule has 10 heteroatoms. The molecule has 2 aromatic rings. The minimum atomic E-state index is -1.14. The average molecular weight is 418 g/mol. The van der Waals surface area contributed by atoms with Crippen LogP contribution < -0.4 is 19.5 Å². The summed E-state index contributed by atoms with van der Waals surface area (Å²) in [5.41, 5.74) is 0.204. The first kappa shape index (κ1) is 22.5. The van der Waals surface area contributed by atoms with Crippen LogP contribution in [0.4, 0.5) is 11.4 Å². The molecule has 2 rings (SSSR count). The number of hydrogen-bond donors (Lipinski definition) is 1. The lowest BCUT2D eigenvalue weighted by molar-refractivity contribution is -0.384. The minimum Gasteiger partial charge on any atom is -0.494 e. The molecule has 0 aromatic heterocycles. The molecule has 1 unspecified atom stereocenters. The highest BCUT2D eigenvalue weighted by Gasteiger charge is 2.22. The number of ether oxygens (including phenoxy) is 4. The van der Waals surface area contributed by atoms with E-state index in [4.69, 9.17) is 18.9 Å². The van der Waals surface area contributed by atoms with Crippen molar-refractivity contribution in [1.29, 1.82) is 0 Å². The van der Waals surface area contributed by atoms with Gasteiger partial charge in [-0.3, -0.25) is 14.9 Å². The fourth-order valence-corrected chi connectivity index (χ4v) is 2.48. The summed E-state index contributed by atoms with van der Waals surface area (Å²) in [6, 6.07) is 8.27. The topological polar surface area (TPSA) is 126 Å². The van der Waals surface area contributed by atoms with Crippen molar-refractivity contribution in [2.45, 2.75) is 20.0 Å². The number of carbonyl (C=O) groups excluding carboxylic acids is 2. The van der Waals surface area contributed by atoms with Gasteiger partial charge in [-0.1, -0.05) is 0 Å². The van der Waals surface area contributed by atoms with Crippen LogP contribution in [0, 0.1) is 10.1 Å². The molecule has 0 aliphatic rings. The van der Waals surface area contributed by atoms with Crippen LogP contribution in [0.2, 0.25) is 0 Å². The number of nitrogens with zero attached hydrogens (tertiary/aromatic N) is 1. The summed E-state index contributed by atoms with van der Waals surface area (Å²) in [6.45, 7) is 3.65. The molecule has 30 heavy (non-hydrogen) atoms. The number of nitrogens with one attached hydrogen (secondary N) is 1. The van der Waals surface area contributed by atoms with Crippen LogP contribution in [-0.4, -0.2) is 43.7 Å². The lowest BCUT2D eigenvalue weighted by atomic mass is 10.2. The summed E-state index contributed by atoms with van der Waals surface area (Å²) in [4.78, 5) is 35.1. The minimum absolute atomic E-state index is 0.104. The first-order valence-electron chi connectivity index (χ1n) is 8.95. The van der Waals surface area contributed by atoms with Crippen molar-refractivity contribution in [3.05, 3.63) is 52.1 Å². The quantitative estimate of drug-likeness (QED) is 0.374. The Balaban J connectivity index is 2.09. The molecule has 1 atom stereocenters. The lowest BCUT2D eigenvalue weighted by Gasteiger charge is -2.16. The number of anilines is 1. The first-order valence-corrected chi connectivity index (χ1v) is 8.95. The molecule has 0 fully saturated rings. The van der Waals surface area contributed by atoms with Crippen molar-refractivity contribution < 1.29 is 33.5 Å². The molecule has 0 aliphatic heterocycles. The zero-order valence-corrected chi connectivity index (χ0v) is 17.0. The van der Waals surface area contributed by atoms with Gasteiger partial charge in [0.15, 0.2) is 17.6 Å². The van der Waals surface area contributed by atoms with Crippen molar-refractivity contribution in [2.24, 2.45) is 0 Å². The van der Waals surface area contributed by atoms with Crippen molar-refractivity contribution in [3.8, 4) is 17.2 Å². The Morgan fingerprint density at radius 1 is 1.07 bits per heavy atom. The first-order chi connectivity index (χ1) is 14.3. The highest BCUT2D eigenvalue weighted by molar-refractivity contribution is 5.98. The average Bonchev–Trinajstić information content (AvgIpc) is 2.74. The molecule has 0 spiro atoms. The number of esters is 1. The smallest absolute Gasteiger partial charge is 0.339 e. The van der Waals surface area contributed by atoms with Gasteiger partial charge in [-0.15, -0.1) is 0 Å². The predicted molar refractivity (Wildman–Crippen MR) is 107 cm³/mol. The zero-order valence-electron chi connectivity index (χ0n) is 17.0. The Morgan fingerprint density at radius 3 is 2.37 bits per heavy atom. The molecule has 0 heterocycles. The Kier molecular flexibility index (Phi) is 7.56. The Labute approximate surface area is 172 Å². The summed E-state index contributed by atoms with van der Waals surface area (Å²) >= 11 is 0. The van der Waals surface area contributed by atoms with Gasteiger partial charge in [0, 0.05) is 6.07 Å². The fourth-order valence-electron chi connectivity index (χ4n) is 2.48. The third kappa shape index (κ3) is 5.37. The summed E-state index contributed by atoms with van der Waals surface area (Å²) in [5, 5.41) is 13.4. The predicted octanol–water partition coefficient (Wildman–Crippen LogP) is 3.19. The molecule has 0 aliphatic carbocycles. The second kappa shape index (κ2) is 10.1. The van der Waals surface area contributed by atoms with Gasteiger partial charge in [0.1, 0.15) is 5.75 Å². The van der Waals surface area contributed by atoms with E-state index < -0.39 is 22.9 Å². The summed E-state index contributed by atoms with van der Waals surface area (Å²) in [6.07, 6.45) is -1.14. The van der Waals surface area contributed by atoms with E-state index >= 15 is 0 Å². The van der Waals surface area contributed by atoms with Gasteiger partial charge in [-0.05, 0) is 38.1 Å². The van der Waals surface area contributed by atoms with E-state index in [0.29, 0.717) is 18.1 Å². The van der Waals surface area contributed by atoms with E-state index in [-0.39, 0.29) is 22.7 Å². The van der Waals surface area contributed by atoms with Crippen molar-refractivity contribution in [3.63, 3.8) is 0 Å². The maximum atomic E-state index is 12.4. The fraction of sp³-hybridized carbons (Fsp3) is 0.300. The Hall–Kier alpha value is -3.82. The van der Waals surface area contributed by atoms with E-state index in [9.17, 15) is 19.7 Å². The molecule has 0 radical (unpaired) electrons. The van der Waals surface area contributed by atoms with Gasteiger partial charge < -0.3 is 24.3 Å². The largest absolute Gasteiger partial charge is 0.494 e. The number of hydrogen-bond acceptors (Lipinski definition) is 8. The van der Waals surface area contributed by atoms with Crippen LogP contribution in [0.3, 0.4) is 0 Å². The van der Waals surface area contributed by atoms with Crippen LogP contribution in [0.15, 0.2) is 36.4 Å². The number of benzene rings is 2. The molecular weight excluding hydrogens is 396 g/mol. The zero-order chi connectivity index (χ0) is 22.3. The summed E-state index contributed by atoms with van der Waals surface area (Å²) in [5.74, 6) is -0.415. The molecule has 0 saturated carbocycles. The van der Waals surface area contributed by atoms with Gasteiger partial charge in [0.05, 0.1) is 43.1 Å². The van der Waals surface area contributed by atoms with Gasteiger partial charge in [0.2, 0.25) is 0 Å². The Bertz CT molecular complexity index is 944. The van der Waals surface area contributed by atoms with Gasteiger partial charge >= 0.3 is 5.97 Å². The van der Waals surface area contributed by atoms with Gasteiger partial charge in [-0.2, -0.15) is 0 Å². The molecule has 1 amide bonds. The van der Waals surface area contributed by atoms with Crippen LogP contribution in [0.1, 0.15) is 24.2 Å². The number of non-ortho nitro benzene ring substituents is 1. The summed E-state index contributed by atoms with van der Waals surface area (Å²) in [7, 11) is 2.76. The third-order valence-corrected chi connectivity index (χ3v) is 4.01. The van der Waals surface area contributed by atoms with Crippen LogP contribution in [-0.2, 0) is 9.53 Å². The maximum Gasteiger partial charge on any atom is 0.339 e. The number of nitro groups is 1. The van der Waals surface area contributed by atoms with Crippen LogP contribution in [0.5, 0.6) is 17.2 Å². The molecule has 1 N–H and O–H groups in total. The van der Waals surface area contributed by atoms with Gasteiger partial charge in [-0.25, -0.2) is 4.79 Å². The second-order valence-corrected chi connectivity index (χ2v) is 5.98. The second-order valence-electron chi connectivity index (χ2n) is 5.98. The van der Waals surface area contributed by atoms with E-state index in [1.165, 1.54) is 51.5 Å². The van der Waals surface area contributed by atoms with Gasteiger partial charge in [0.25, 0.3) is 11.6 Å². The molecule has 10 nitrogen and oxygen atoms in total. The number of carbonyl (C=O) groups is 2. The molecule has 0 saturated heterocycles. The number of nitro benzene ring substituents is 1. The van der Waals surface area contributed by atoms with Crippen LogP contribution in [0.25, 0.3) is 0 Å². The van der Waals surface area contributed by atoms with Crippen molar-refractivity contribution in [2.75, 3.05) is 26.1 Å². The van der Waals surface area contributed by atoms with Crippen molar-refractivity contribution >= 4 is 23.3 Å². The van der Waals surface area contributed by atoms with E-state index in [1.807, 2.05) is 6.92 Å². The Morgan fingerprint density at radius 2 is 1.77 bits per heavy atom.